The Balaban J connectivity index is 3.26. The molecule has 17 heavy (non-hydrogen) atoms. The molecular formula is C13H22O2Si2. The van der Waals surface area contributed by atoms with Crippen molar-refractivity contribution in [2.45, 2.75) is 39.7 Å². The van der Waals surface area contributed by atoms with Crippen molar-refractivity contribution >= 4 is 26.3 Å². The third-order valence-corrected chi connectivity index (χ3v) is 21.3. The normalized spacial score (nSPS) is 12.4. The van der Waals surface area contributed by atoms with Crippen molar-refractivity contribution in [1.29, 1.82) is 0 Å². The topological polar surface area (TPSA) is 26.3 Å². The zero-order chi connectivity index (χ0) is 13.3. The lowest BCUT2D eigenvalue weighted by molar-refractivity contribution is -0.131. The molecule has 2 nitrogen and oxygen atoms in total. The van der Waals surface area contributed by atoms with E-state index >= 15 is 0 Å². The quantitative estimate of drug-likeness (QED) is 0.478. The summed E-state index contributed by atoms with van der Waals surface area (Å²) >= 11 is 0. The molecule has 0 aromatic heterocycles. The Kier molecular flexibility index (Phi) is 3.99. The zero-order valence-corrected chi connectivity index (χ0v) is 13.6. The highest BCUT2D eigenvalue weighted by Crippen LogP contribution is 2.23. The second-order valence-electron chi connectivity index (χ2n) is 5.96. The molecule has 0 amide bonds. The number of esters is 1. The molecule has 1 aromatic carbocycles. The van der Waals surface area contributed by atoms with Crippen molar-refractivity contribution in [2.75, 3.05) is 0 Å². The molecule has 0 bridgehead atoms. The molecule has 1 aromatic rings. The van der Waals surface area contributed by atoms with E-state index in [4.69, 9.17) is 4.74 Å². The maximum atomic E-state index is 11.1. The Morgan fingerprint density at radius 1 is 1.06 bits per heavy atom. The highest BCUT2D eigenvalue weighted by Gasteiger charge is 2.40. The van der Waals surface area contributed by atoms with E-state index in [0.29, 0.717) is 0 Å². The van der Waals surface area contributed by atoms with Crippen LogP contribution >= 0.6 is 0 Å². The minimum atomic E-state index is -1.53. The van der Waals surface area contributed by atoms with Gasteiger partial charge in [0.25, 0.3) is 0 Å². The van der Waals surface area contributed by atoms with E-state index in [9.17, 15) is 4.79 Å². The molecule has 0 spiro atoms. The summed E-state index contributed by atoms with van der Waals surface area (Å²) in [5.74, 6) is 0.525. The van der Waals surface area contributed by atoms with E-state index in [2.05, 4.69) is 38.8 Å². The fraction of sp³-hybridized carbons (Fsp3) is 0.462. The maximum Gasteiger partial charge on any atom is 0.308 e. The van der Waals surface area contributed by atoms with Crippen LogP contribution in [0.3, 0.4) is 0 Å². The Morgan fingerprint density at radius 3 is 2.06 bits per heavy atom. The zero-order valence-electron chi connectivity index (χ0n) is 11.6. The lowest BCUT2D eigenvalue weighted by Gasteiger charge is -2.36. The molecule has 0 aliphatic heterocycles. The molecule has 0 radical (unpaired) electrons. The standard InChI is InChI=1S/C13H22O2Si2/c1-11(14)15-12-9-7-8-10-13(12)17(5,6)16(2,3)4/h7-10H,1-6H3. The molecule has 94 valence electrons. The Bertz CT molecular complexity index is 420. The number of hydrogen-bond donors (Lipinski definition) is 0. The van der Waals surface area contributed by atoms with Crippen LogP contribution in [-0.2, 0) is 4.79 Å². The molecular weight excluding hydrogens is 244 g/mol. The van der Waals surface area contributed by atoms with Gasteiger partial charge in [0.15, 0.2) is 0 Å². The maximum absolute atomic E-state index is 11.1. The first kappa shape index (κ1) is 14.2. The van der Waals surface area contributed by atoms with Crippen LogP contribution < -0.4 is 9.92 Å². The van der Waals surface area contributed by atoms with Gasteiger partial charge in [-0.05, 0) is 11.3 Å². The average Bonchev–Trinajstić information content (AvgIpc) is 2.15. The van der Waals surface area contributed by atoms with E-state index in [1.807, 2.05) is 18.2 Å². The van der Waals surface area contributed by atoms with Crippen LogP contribution in [0.1, 0.15) is 6.92 Å². The van der Waals surface area contributed by atoms with Gasteiger partial charge < -0.3 is 4.74 Å². The van der Waals surface area contributed by atoms with Crippen molar-refractivity contribution in [3.8, 4) is 5.75 Å². The Hall–Kier alpha value is -0.876. The summed E-state index contributed by atoms with van der Waals surface area (Å²) in [4.78, 5) is 11.1. The second kappa shape index (κ2) is 4.78. The highest BCUT2D eigenvalue weighted by molar-refractivity contribution is 7.45. The first-order valence-electron chi connectivity index (χ1n) is 5.94. The van der Waals surface area contributed by atoms with Crippen LogP contribution in [0.4, 0.5) is 0 Å². The molecule has 0 aliphatic rings. The molecule has 0 saturated heterocycles. The number of carbonyl (C=O) groups is 1. The molecule has 1 rings (SSSR count). The summed E-state index contributed by atoms with van der Waals surface area (Å²) in [5, 5.41) is 1.27. The number of para-hydroxylation sites is 1. The summed E-state index contributed by atoms with van der Waals surface area (Å²) in [7, 11) is -2.79. The second-order valence-corrected chi connectivity index (χ2v) is 22.5. The van der Waals surface area contributed by atoms with E-state index in [-0.39, 0.29) is 5.97 Å². The molecule has 0 atom stereocenters. The van der Waals surface area contributed by atoms with Crippen molar-refractivity contribution < 1.29 is 9.53 Å². The van der Waals surface area contributed by atoms with Gasteiger partial charge in [-0.15, -0.1) is 0 Å². The van der Waals surface area contributed by atoms with E-state index in [0.717, 1.165) is 5.75 Å². The van der Waals surface area contributed by atoms with Gasteiger partial charge in [0, 0.05) is 14.5 Å². The first-order chi connectivity index (χ1) is 7.66. The Morgan fingerprint density at radius 2 is 1.59 bits per heavy atom. The predicted octanol–water partition coefficient (Wildman–Crippen LogP) is 2.94. The number of ether oxygens (including phenoxy) is 1. The number of carbonyl (C=O) groups excluding carboxylic acids is 1. The lowest BCUT2D eigenvalue weighted by Crippen LogP contribution is -2.61. The monoisotopic (exact) mass is 266 g/mol. The SMILES string of the molecule is CC(=O)Oc1ccccc1[Si](C)(C)[Si](C)(C)C. The van der Waals surface area contributed by atoms with Gasteiger partial charge >= 0.3 is 5.97 Å². The van der Waals surface area contributed by atoms with Crippen LogP contribution in [0.25, 0.3) is 0 Å². The smallest absolute Gasteiger partial charge is 0.308 e. The number of hydrogen-bond acceptors (Lipinski definition) is 2. The summed E-state index contributed by atoms with van der Waals surface area (Å²) < 4.78 is 5.34. The molecule has 0 unspecified atom stereocenters. The number of benzene rings is 1. The fourth-order valence-electron chi connectivity index (χ4n) is 1.63. The molecule has 0 N–H and O–H groups in total. The lowest BCUT2D eigenvalue weighted by atomic mass is 10.3. The summed E-state index contributed by atoms with van der Waals surface area (Å²) in [6.45, 7) is 13.4. The van der Waals surface area contributed by atoms with Crippen molar-refractivity contribution in [2.24, 2.45) is 0 Å². The summed E-state index contributed by atoms with van der Waals surface area (Å²) in [6, 6.07) is 8.00. The van der Waals surface area contributed by atoms with Crippen LogP contribution in [0.5, 0.6) is 5.75 Å². The number of rotatable bonds is 3. The van der Waals surface area contributed by atoms with Gasteiger partial charge in [-0.3, -0.25) is 4.79 Å². The minimum absolute atomic E-state index is 0.238. The average molecular weight is 266 g/mol. The molecule has 0 aliphatic carbocycles. The van der Waals surface area contributed by atoms with Gasteiger partial charge in [0.05, 0.1) is 7.59 Å². The Labute approximate surface area is 106 Å². The third-order valence-electron chi connectivity index (χ3n) is 3.69. The van der Waals surface area contributed by atoms with Gasteiger partial charge in [0.1, 0.15) is 5.75 Å². The highest BCUT2D eigenvalue weighted by atomic mass is 29.3. The molecule has 0 heterocycles. The van der Waals surface area contributed by atoms with Crippen molar-refractivity contribution in [3.05, 3.63) is 24.3 Å². The van der Waals surface area contributed by atoms with Crippen LogP contribution in [0.2, 0.25) is 32.7 Å². The van der Waals surface area contributed by atoms with E-state index < -0.39 is 15.2 Å². The minimum Gasteiger partial charge on any atom is -0.427 e. The summed E-state index contributed by atoms with van der Waals surface area (Å²) in [5.41, 5.74) is 0. The van der Waals surface area contributed by atoms with Crippen LogP contribution in [0, 0.1) is 0 Å². The van der Waals surface area contributed by atoms with Gasteiger partial charge in [-0.2, -0.15) is 0 Å². The predicted molar refractivity (Wildman–Crippen MR) is 78.2 cm³/mol. The van der Waals surface area contributed by atoms with Crippen LogP contribution in [0.15, 0.2) is 24.3 Å². The van der Waals surface area contributed by atoms with Gasteiger partial charge in [-0.25, -0.2) is 0 Å². The van der Waals surface area contributed by atoms with Gasteiger partial charge in [0.2, 0.25) is 0 Å². The summed E-state index contributed by atoms with van der Waals surface area (Å²) in [6.07, 6.45) is 0. The van der Waals surface area contributed by atoms with E-state index in [1.165, 1.54) is 12.1 Å². The first-order valence-corrected chi connectivity index (χ1v) is 13.4. The van der Waals surface area contributed by atoms with Crippen molar-refractivity contribution in [3.63, 3.8) is 0 Å². The van der Waals surface area contributed by atoms with Crippen molar-refractivity contribution in [1.82, 2.24) is 0 Å². The largest absolute Gasteiger partial charge is 0.427 e. The van der Waals surface area contributed by atoms with Gasteiger partial charge in [-0.1, -0.05) is 50.9 Å². The van der Waals surface area contributed by atoms with E-state index in [1.54, 1.807) is 0 Å². The molecule has 4 heteroatoms. The molecule has 0 saturated carbocycles. The fourth-order valence-corrected chi connectivity index (χ4v) is 6.75. The molecule has 0 fully saturated rings. The third kappa shape index (κ3) is 3.07. The van der Waals surface area contributed by atoms with Crippen LogP contribution in [-0.4, -0.2) is 21.2 Å².